The third-order valence-corrected chi connectivity index (χ3v) is 2.97. The average Bonchev–Trinajstić information content (AvgIpc) is 2.06. The van der Waals surface area contributed by atoms with E-state index < -0.39 is 0 Å². The van der Waals surface area contributed by atoms with E-state index in [0.29, 0.717) is 5.41 Å². The van der Waals surface area contributed by atoms with Crippen molar-refractivity contribution in [2.45, 2.75) is 26.7 Å². The van der Waals surface area contributed by atoms with Crippen LogP contribution in [0.1, 0.15) is 26.7 Å². The summed E-state index contributed by atoms with van der Waals surface area (Å²) >= 11 is 0. The molecule has 1 aliphatic heterocycles. The molecule has 0 aromatic heterocycles. The monoisotopic (exact) mass is 156 g/mol. The molecular formula is C9H20N2. The maximum atomic E-state index is 5.72. The molecular weight excluding hydrogens is 136 g/mol. The Morgan fingerprint density at radius 1 is 1.36 bits per heavy atom. The van der Waals surface area contributed by atoms with Crippen LogP contribution in [0.25, 0.3) is 0 Å². The largest absolute Gasteiger partial charge is 0.330 e. The molecule has 2 nitrogen and oxygen atoms in total. The number of hydrogen-bond acceptors (Lipinski definition) is 2. The van der Waals surface area contributed by atoms with Crippen molar-refractivity contribution in [1.29, 1.82) is 0 Å². The van der Waals surface area contributed by atoms with Crippen LogP contribution in [0.15, 0.2) is 0 Å². The minimum absolute atomic E-state index is 0.349. The van der Waals surface area contributed by atoms with Crippen molar-refractivity contribution in [3.63, 3.8) is 0 Å². The van der Waals surface area contributed by atoms with Crippen LogP contribution < -0.4 is 11.1 Å². The summed E-state index contributed by atoms with van der Waals surface area (Å²) in [6.45, 7) is 7.73. The van der Waals surface area contributed by atoms with Gasteiger partial charge in [0.2, 0.25) is 0 Å². The molecule has 0 atom stereocenters. The van der Waals surface area contributed by atoms with Crippen molar-refractivity contribution in [2.24, 2.45) is 17.1 Å². The summed E-state index contributed by atoms with van der Waals surface area (Å²) in [5, 5.41) is 3.37. The lowest BCUT2D eigenvalue weighted by Crippen LogP contribution is -2.39. The van der Waals surface area contributed by atoms with Gasteiger partial charge >= 0.3 is 0 Å². The predicted molar refractivity (Wildman–Crippen MR) is 48.4 cm³/mol. The van der Waals surface area contributed by atoms with Gasteiger partial charge in [0.05, 0.1) is 0 Å². The number of rotatable bonds is 2. The summed E-state index contributed by atoms with van der Waals surface area (Å²) < 4.78 is 0. The highest BCUT2D eigenvalue weighted by molar-refractivity contribution is 4.82. The second kappa shape index (κ2) is 3.55. The average molecular weight is 156 g/mol. The fourth-order valence-corrected chi connectivity index (χ4v) is 1.77. The second-order valence-electron chi connectivity index (χ2n) is 4.22. The summed E-state index contributed by atoms with van der Waals surface area (Å²) in [6, 6.07) is 0. The third-order valence-electron chi connectivity index (χ3n) is 2.97. The van der Waals surface area contributed by atoms with Crippen LogP contribution in [0.4, 0.5) is 0 Å². The van der Waals surface area contributed by atoms with Crippen molar-refractivity contribution < 1.29 is 0 Å². The van der Waals surface area contributed by atoms with E-state index in [0.717, 1.165) is 12.5 Å². The van der Waals surface area contributed by atoms with E-state index in [1.165, 1.54) is 25.9 Å². The Balaban J connectivity index is 2.43. The molecule has 1 saturated heterocycles. The lowest BCUT2D eigenvalue weighted by Gasteiger charge is -2.36. The first-order chi connectivity index (χ1) is 5.17. The lowest BCUT2D eigenvalue weighted by atomic mass is 9.74. The first-order valence-corrected chi connectivity index (χ1v) is 4.57. The second-order valence-corrected chi connectivity index (χ2v) is 4.22. The molecule has 1 heterocycles. The van der Waals surface area contributed by atoms with Crippen LogP contribution in [-0.4, -0.2) is 19.6 Å². The molecule has 0 aromatic carbocycles. The molecule has 0 bridgehead atoms. The fraction of sp³-hybridized carbons (Fsp3) is 1.00. The van der Waals surface area contributed by atoms with Crippen LogP contribution in [0.5, 0.6) is 0 Å². The van der Waals surface area contributed by atoms with Gasteiger partial charge in [0.15, 0.2) is 0 Å². The highest BCUT2D eigenvalue weighted by atomic mass is 14.9. The van der Waals surface area contributed by atoms with Crippen LogP contribution in [0.2, 0.25) is 0 Å². The van der Waals surface area contributed by atoms with Crippen LogP contribution in [0, 0.1) is 11.3 Å². The highest BCUT2D eigenvalue weighted by Crippen LogP contribution is 2.31. The van der Waals surface area contributed by atoms with Gasteiger partial charge < -0.3 is 11.1 Å². The first kappa shape index (κ1) is 9.01. The van der Waals surface area contributed by atoms with E-state index in [9.17, 15) is 0 Å². The highest BCUT2D eigenvalue weighted by Gasteiger charge is 2.28. The summed E-state index contributed by atoms with van der Waals surface area (Å²) in [5.41, 5.74) is 6.07. The maximum absolute atomic E-state index is 5.72. The molecule has 0 unspecified atom stereocenters. The molecule has 0 spiro atoms. The zero-order valence-electron chi connectivity index (χ0n) is 7.69. The van der Waals surface area contributed by atoms with Crippen molar-refractivity contribution in [3.05, 3.63) is 0 Å². The fourth-order valence-electron chi connectivity index (χ4n) is 1.77. The van der Waals surface area contributed by atoms with E-state index in [-0.39, 0.29) is 0 Å². The molecule has 1 aliphatic rings. The maximum Gasteiger partial charge on any atom is -0.00232 e. The van der Waals surface area contributed by atoms with E-state index in [2.05, 4.69) is 19.2 Å². The smallest absolute Gasteiger partial charge is 0.00232 e. The Bertz CT molecular complexity index is 115. The first-order valence-electron chi connectivity index (χ1n) is 4.57. The number of nitrogens with two attached hydrogens (primary N) is 1. The molecule has 11 heavy (non-hydrogen) atoms. The number of nitrogens with one attached hydrogen (secondary N) is 1. The summed E-state index contributed by atoms with van der Waals surface area (Å²) in [6.07, 6.45) is 2.59. The van der Waals surface area contributed by atoms with Crippen molar-refractivity contribution in [3.8, 4) is 0 Å². The van der Waals surface area contributed by atoms with Crippen LogP contribution in [-0.2, 0) is 0 Å². The van der Waals surface area contributed by atoms with Gasteiger partial charge in [0, 0.05) is 0 Å². The lowest BCUT2D eigenvalue weighted by molar-refractivity contribution is 0.175. The standard InChI is InChI=1S/C9H20N2/c1-9(2,7-10)8-3-5-11-6-4-8/h8,11H,3-7,10H2,1-2H3. The SMILES string of the molecule is CC(C)(CN)C1CCNCC1. The molecule has 3 N–H and O–H groups in total. The summed E-state index contributed by atoms with van der Waals surface area (Å²) in [7, 11) is 0. The Morgan fingerprint density at radius 3 is 2.36 bits per heavy atom. The van der Waals surface area contributed by atoms with Crippen LogP contribution >= 0.6 is 0 Å². The normalized spacial score (nSPS) is 22.1. The molecule has 0 aliphatic carbocycles. The number of piperidine rings is 1. The minimum Gasteiger partial charge on any atom is -0.330 e. The van der Waals surface area contributed by atoms with E-state index >= 15 is 0 Å². The molecule has 0 radical (unpaired) electrons. The van der Waals surface area contributed by atoms with Crippen molar-refractivity contribution >= 4 is 0 Å². The Hall–Kier alpha value is -0.0800. The van der Waals surface area contributed by atoms with E-state index in [4.69, 9.17) is 5.73 Å². The Kier molecular flexibility index (Phi) is 2.90. The van der Waals surface area contributed by atoms with Gasteiger partial charge in [-0.2, -0.15) is 0 Å². The molecule has 0 saturated carbocycles. The van der Waals surface area contributed by atoms with Gasteiger partial charge in [-0.25, -0.2) is 0 Å². The molecule has 2 heteroatoms. The third kappa shape index (κ3) is 2.17. The van der Waals surface area contributed by atoms with Gasteiger partial charge in [-0.15, -0.1) is 0 Å². The summed E-state index contributed by atoms with van der Waals surface area (Å²) in [4.78, 5) is 0. The van der Waals surface area contributed by atoms with Gasteiger partial charge in [-0.1, -0.05) is 13.8 Å². The quantitative estimate of drug-likeness (QED) is 0.625. The van der Waals surface area contributed by atoms with E-state index in [1.54, 1.807) is 0 Å². The van der Waals surface area contributed by atoms with Gasteiger partial charge in [0.25, 0.3) is 0 Å². The van der Waals surface area contributed by atoms with Gasteiger partial charge in [-0.05, 0) is 43.8 Å². The summed E-state index contributed by atoms with van der Waals surface area (Å²) in [5.74, 6) is 0.828. The topological polar surface area (TPSA) is 38.0 Å². The van der Waals surface area contributed by atoms with Crippen LogP contribution in [0.3, 0.4) is 0 Å². The molecule has 0 aromatic rings. The zero-order valence-corrected chi connectivity index (χ0v) is 7.69. The van der Waals surface area contributed by atoms with E-state index in [1.807, 2.05) is 0 Å². The molecule has 0 amide bonds. The van der Waals surface area contributed by atoms with Gasteiger partial charge in [-0.3, -0.25) is 0 Å². The van der Waals surface area contributed by atoms with Crippen molar-refractivity contribution in [2.75, 3.05) is 19.6 Å². The zero-order chi connectivity index (χ0) is 8.32. The molecule has 66 valence electrons. The molecule has 1 fully saturated rings. The van der Waals surface area contributed by atoms with Gasteiger partial charge in [0.1, 0.15) is 0 Å². The molecule has 1 rings (SSSR count). The minimum atomic E-state index is 0.349. The Morgan fingerprint density at radius 2 is 1.91 bits per heavy atom. The Labute approximate surface area is 69.5 Å². The van der Waals surface area contributed by atoms with Crippen molar-refractivity contribution in [1.82, 2.24) is 5.32 Å². The number of hydrogen-bond donors (Lipinski definition) is 2. The predicted octanol–water partition coefficient (Wildman–Crippen LogP) is 0.971.